The summed E-state index contributed by atoms with van der Waals surface area (Å²) in [5.41, 5.74) is 2.40. The lowest BCUT2D eigenvalue weighted by Gasteiger charge is -2.23. The Hall–Kier alpha value is -4.45. The fourth-order valence-electron chi connectivity index (χ4n) is 4.54. The van der Waals surface area contributed by atoms with Gasteiger partial charge < -0.3 is 16.0 Å². The van der Waals surface area contributed by atoms with Crippen molar-refractivity contribution in [3.8, 4) is 11.3 Å². The second kappa shape index (κ2) is 10.1. The van der Waals surface area contributed by atoms with Gasteiger partial charge >= 0.3 is 0 Å². The molecule has 38 heavy (non-hydrogen) atoms. The molecular formula is C26H24F3N9. The average molecular weight is 520 g/mol. The molecule has 0 bridgehead atoms. The van der Waals surface area contributed by atoms with E-state index in [-0.39, 0.29) is 29.9 Å². The van der Waals surface area contributed by atoms with E-state index in [0.717, 1.165) is 37.6 Å². The first-order valence-corrected chi connectivity index (χ1v) is 12.3. The van der Waals surface area contributed by atoms with Crippen LogP contribution in [0.5, 0.6) is 0 Å². The van der Waals surface area contributed by atoms with Crippen LogP contribution in [-0.2, 0) is 6.54 Å². The quantitative estimate of drug-likeness (QED) is 0.242. The Morgan fingerprint density at radius 2 is 1.74 bits per heavy atom. The summed E-state index contributed by atoms with van der Waals surface area (Å²) < 4.78 is 42.8. The molecule has 0 saturated carbocycles. The Balaban J connectivity index is 1.33. The monoisotopic (exact) mass is 519 g/mol. The highest BCUT2D eigenvalue weighted by Crippen LogP contribution is 2.30. The molecule has 3 aromatic heterocycles. The highest BCUT2D eigenvalue weighted by atomic mass is 19.1. The summed E-state index contributed by atoms with van der Waals surface area (Å²) in [6.07, 6.45) is 3.54. The molecule has 1 fully saturated rings. The zero-order valence-corrected chi connectivity index (χ0v) is 20.2. The molecule has 6 rings (SSSR count). The number of hydrogen-bond donors (Lipinski definition) is 4. The van der Waals surface area contributed by atoms with Gasteiger partial charge in [-0.05, 0) is 61.8 Å². The largest absolute Gasteiger partial charge is 0.350 e. The third kappa shape index (κ3) is 4.90. The molecule has 9 nitrogen and oxygen atoms in total. The van der Waals surface area contributed by atoms with E-state index in [1.807, 2.05) is 4.68 Å². The van der Waals surface area contributed by atoms with Gasteiger partial charge in [-0.1, -0.05) is 6.07 Å². The van der Waals surface area contributed by atoms with Gasteiger partial charge in [-0.2, -0.15) is 20.2 Å². The van der Waals surface area contributed by atoms with E-state index in [4.69, 9.17) is 4.98 Å². The average Bonchev–Trinajstić information content (AvgIpc) is 3.57. The summed E-state index contributed by atoms with van der Waals surface area (Å²) >= 11 is 0. The van der Waals surface area contributed by atoms with E-state index in [1.165, 1.54) is 24.3 Å². The van der Waals surface area contributed by atoms with Crippen LogP contribution < -0.4 is 16.0 Å². The van der Waals surface area contributed by atoms with E-state index in [0.29, 0.717) is 28.4 Å². The summed E-state index contributed by atoms with van der Waals surface area (Å²) in [5, 5.41) is 22.2. The minimum absolute atomic E-state index is 0.0651. The first-order valence-electron chi connectivity index (χ1n) is 12.3. The molecule has 0 unspecified atom stereocenters. The topological polar surface area (TPSA) is 108 Å². The summed E-state index contributed by atoms with van der Waals surface area (Å²) in [5.74, 6) is -0.388. The third-order valence-corrected chi connectivity index (χ3v) is 6.54. The molecule has 1 aliphatic rings. The first-order chi connectivity index (χ1) is 18.5. The molecule has 2 aromatic carbocycles. The molecule has 5 aromatic rings. The Labute approximate surface area is 215 Å². The number of halogens is 3. The van der Waals surface area contributed by atoms with Crippen LogP contribution in [0.2, 0.25) is 0 Å². The lowest BCUT2D eigenvalue weighted by Crippen LogP contribution is -2.30. The van der Waals surface area contributed by atoms with Gasteiger partial charge in [0.1, 0.15) is 23.3 Å². The van der Waals surface area contributed by atoms with Crippen molar-refractivity contribution >= 4 is 28.6 Å². The van der Waals surface area contributed by atoms with Crippen LogP contribution in [-0.4, -0.2) is 43.0 Å². The van der Waals surface area contributed by atoms with Gasteiger partial charge in [0.25, 0.3) is 0 Å². The molecule has 4 N–H and O–H groups in total. The molecule has 0 atom stereocenters. The van der Waals surface area contributed by atoms with Crippen molar-refractivity contribution in [3.05, 3.63) is 77.7 Å². The predicted octanol–water partition coefficient (Wildman–Crippen LogP) is 4.91. The third-order valence-electron chi connectivity index (χ3n) is 6.54. The molecule has 1 aliphatic heterocycles. The van der Waals surface area contributed by atoms with Crippen molar-refractivity contribution in [2.45, 2.75) is 25.4 Å². The first kappa shape index (κ1) is 23.9. The van der Waals surface area contributed by atoms with Crippen molar-refractivity contribution in [1.29, 1.82) is 0 Å². The number of aromatic nitrogens is 6. The Morgan fingerprint density at radius 1 is 0.947 bits per heavy atom. The number of benzene rings is 2. The van der Waals surface area contributed by atoms with Crippen LogP contribution in [0.4, 0.5) is 30.8 Å². The van der Waals surface area contributed by atoms with E-state index < -0.39 is 11.6 Å². The maximum absolute atomic E-state index is 14.2. The summed E-state index contributed by atoms with van der Waals surface area (Å²) in [7, 11) is 0. The smallest absolute Gasteiger partial charge is 0.227 e. The van der Waals surface area contributed by atoms with Crippen LogP contribution in [0.15, 0.2) is 54.7 Å². The molecule has 0 spiro atoms. The predicted molar refractivity (Wildman–Crippen MR) is 137 cm³/mol. The van der Waals surface area contributed by atoms with Crippen LogP contribution in [0.3, 0.4) is 0 Å². The van der Waals surface area contributed by atoms with Crippen LogP contribution >= 0.6 is 0 Å². The number of nitrogens with zero attached hydrogens (tertiary/aromatic N) is 5. The maximum atomic E-state index is 14.2. The highest BCUT2D eigenvalue weighted by Gasteiger charge is 2.21. The number of aromatic amines is 1. The van der Waals surface area contributed by atoms with Crippen LogP contribution in [0.1, 0.15) is 24.4 Å². The summed E-state index contributed by atoms with van der Waals surface area (Å²) in [6, 6.07) is 11.5. The zero-order valence-electron chi connectivity index (χ0n) is 20.2. The minimum Gasteiger partial charge on any atom is -0.350 e. The Bertz CT molecular complexity index is 1570. The molecule has 194 valence electrons. The standard InChI is InChI=1S/C26H24F3N9/c27-17-4-1-15(2-5-17)22-12-23(37-36-22)33-24-20-14-32-38(19-7-9-30-10-8-19)25(20)35-26(34-24)31-13-16-3-6-18(28)11-21(16)29/h1-6,11-12,14,19,30H,7-10,13H2,(H3,31,33,34,35,36,37). The van der Waals surface area contributed by atoms with Crippen molar-refractivity contribution < 1.29 is 13.2 Å². The molecule has 12 heteroatoms. The second-order valence-electron chi connectivity index (χ2n) is 9.09. The molecule has 0 aliphatic carbocycles. The van der Waals surface area contributed by atoms with E-state index in [9.17, 15) is 13.2 Å². The SMILES string of the molecule is Fc1ccc(-c2cc(Nc3nc(NCc4ccc(F)cc4F)nc4c3cnn4C3CCNCC3)n[nH]2)cc1. The molecule has 0 amide bonds. The van der Waals surface area contributed by atoms with E-state index in [1.54, 1.807) is 24.4 Å². The van der Waals surface area contributed by atoms with Crippen molar-refractivity contribution in [2.24, 2.45) is 0 Å². The number of hydrogen-bond acceptors (Lipinski definition) is 7. The number of rotatable bonds is 7. The molecule has 1 saturated heterocycles. The number of piperidine rings is 1. The fraction of sp³-hybridized carbons (Fsp3) is 0.231. The number of fused-ring (bicyclic) bond motifs is 1. The summed E-state index contributed by atoms with van der Waals surface area (Å²) in [4.78, 5) is 9.31. The zero-order chi connectivity index (χ0) is 26.1. The van der Waals surface area contributed by atoms with E-state index >= 15 is 0 Å². The normalized spacial score (nSPS) is 14.2. The minimum atomic E-state index is -0.651. The Morgan fingerprint density at radius 3 is 2.53 bits per heavy atom. The van der Waals surface area contributed by atoms with Crippen molar-refractivity contribution in [1.82, 2.24) is 35.3 Å². The molecule has 0 radical (unpaired) electrons. The van der Waals surface area contributed by atoms with Gasteiger partial charge in [0.05, 0.1) is 23.3 Å². The molecular weight excluding hydrogens is 495 g/mol. The fourth-order valence-corrected chi connectivity index (χ4v) is 4.54. The van der Waals surface area contributed by atoms with Gasteiger partial charge in [-0.15, -0.1) is 0 Å². The van der Waals surface area contributed by atoms with Gasteiger partial charge in [0.2, 0.25) is 5.95 Å². The lowest BCUT2D eigenvalue weighted by atomic mass is 10.1. The van der Waals surface area contributed by atoms with Gasteiger partial charge in [-0.25, -0.2) is 17.9 Å². The van der Waals surface area contributed by atoms with Crippen LogP contribution in [0.25, 0.3) is 22.3 Å². The highest BCUT2D eigenvalue weighted by molar-refractivity contribution is 5.89. The summed E-state index contributed by atoms with van der Waals surface area (Å²) in [6.45, 7) is 1.84. The van der Waals surface area contributed by atoms with E-state index in [2.05, 4.69) is 36.2 Å². The van der Waals surface area contributed by atoms with Crippen molar-refractivity contribution in [2.75, 3.05) is 23.7 Å². The van der Waals surface area contributed by atoms with Crippen LogP contribution in [0, 0.1) is 17.5 Å². The maximum Gasteiger partial charge on any atom is 0.227 e. The Kier molecular flexibility index (Phi) is 6.38. The van der Waals surface area contributed by atoms with Gasteiger partial charge in [-0.3, -0.25) is 5.10 Å². The second-order valence-corrected chi connectivity index (χ2v) is 9.09. The molecule has 4 heterocycles. The van der Waals surface area contributed by atoms with Crippen molar-refractivity contribution in [3.63, 3.8) is 0 Å². The van der Waals surface area contributed by atoms with Gasteiger partial charge in [0, 0.05) is 24.2 Å². The number of nitrogens with one attached hydrogen (secondary N) is 4. The lowest BCUT2D eigenvalue weighted by molar-refractivity contribution is 0.350. The number of H-pyrrole nitrogens is 1. The van der Waals surface area contributed by atoms with Gasteiger partial charge in [0.15, 0.2) is 11.5 Å². The number of anilines is 3.